The van der Waals surface area contributed by atoms with Gasteiger partial charge in [0.05, 0.1) is 11.9 Å². The molecule has 3 unspecified atom stereocenters. The molecule has 8 nitrogen and oxygen atoms in total. The Balaban J connectivity index is 1.51. The molecule has 3 atom stereocenters. The zero-order valence-corrected chi connectivity index (χ0v) is 18.3. The maximum Gasteiger partial charge on any atom is 0.252 e. The van der Waals surface area contributed by atoms with Crippen LogP contribution in [0.2, 0.25) is 5.02 Å². The molecule has 1 saturated heterocycles. The Hall–Kier alpha value is -2.73. The lowest BCUT2D eigenvalue weighted by atomic mass is 10.1. The lowest BCUT2D eigenvalue weighted by Gasteiger charge is -2.35. The number of hydrogen-bond acceptors (Lipinski definition) is 6. The van der Waals surface area contributed by atoms with Crippen LogP contribution in [0.3, 0.4) is 0 Å². The summed E-state index contributed by atoms with van der Waals surface area (Å²) in [5, 5.41) is 11.1. The smallest absolute Gasteiger partial charge is 0.252 e. The van der Waals surface area contributed by atoms with Crippen LogP contribution in [0.15, 0.2) is 36.4 Å². The summed E-state index contributed by atoms with van der Waals surface area (Å²) in [6.45, 7) is 1.85. The Labute approximate surface area is 191 Å². The number of carbonyl (C=O) groups is 3. The molecule has 0 saturated carbocycles. The molecule has 1 aliphatic rings. The van der Waals surface area contributed by atoms with Crippen LogP contribution in [0.1, 0.15) is 15.9 Å². The second-order valence-electron chi connectivity index (χ2n) is 6.98. The first kappa shape index (κ1) is 23.9. The van der Waals surface area contributed by atoms with Gasteiger partial charge in [-0.05, 0) is 42.8 Å². The molecule has 0 bridgehead atoms. The van der Waals surface area contributed by atoms with Gasteiger partial charge in [0, 0.05) is 16.3 Å². The number of nitrogens with one attached hydrogen (secondary N) is 4. The fraction of sp³-hybridized carbons (Fsp3) is 0.250. The molecular weight excluding hydrogens is 464 g/mol. The van der Waals surface area contributed by atoms with Gasteiger partial charge >= 0.3 is 0 Å². The third kappa shape index (κ3) is 5.94. The molecule has 12 heteroatoms. The summed E-state index contributed by atoms with van der Waals surface area (Å²) in [4.78, 5) is 36.8. The van der Waals surface area contributed by atoms with Gasteiger partial charge in [0.2, 0.25) is 11.8 Å². The van der Waals surface area contributed by atoms with Crippen molar-refractivity contribution in [2.45, 2.75) is 24.6 Å². The van der Waals surface area contributed by atoms with Crippen LogP contribution in [0, 0.1) is 18.6 Å². The van der Waals surface area contributed by atoms with Crippen LogP contribution >= 0.6 is 23.4 Å². The molecular formula is C20H20ClF2N5O3S. The second kappa shape index (κ2) is 10.3. The summed E-state index contributed by atoms with van der Waals surface area (Å²) < 4.78 is 26.4. The highest BCUT2D eigenvalue weighted by molar-refractivity contribution is 8.00. The minimum atomic E-state index is -1.18. The highest BCUT2D eigenvalue weighted by atomic mass is 35.5. The number of anilines is 1. The van der Waals surface area contributed by atoms with Crippen molar-refractivity contribution < 1.29 is 23.2 Å². The van der Waals surface area contributed by atoms with Gasteiger partial charge < -0.3 is 21.7 Å². The largest absolute Gasteiger partial charge is 0.338 e. The summed E-state index contributed by atoms with van der Waals surface area (Å²) in [6.07, 6.45) is -0.977. The van der Waals surface area contributed by atoms with E-state index in [1.54, 1.807) is 18.2 Å². The maximum absolute atomic E-state index is 13.3. The number of halogens is 3. The van der Waals surface area contributed by atoms with Crippen molar-refractivity contribution in [2.75, 3.05) is 11.1 Å². The van der Waals surface area contributed by atoms with E-state index in [0.29, 0.717) is 10.7 Å². The second-order valence-corrected chi connectivity index (χ2v) is 8.48. The van der Waals surface area contributed by atoms with Gasteiger partial charge in [0.1, 0.15) is 11.5 Å². The lowest BCUT2D eigenvalue weighted by Crippen LogP contribution is -2.70. The van der Waals surface area contributed by atoms with E-state index in [2.05, 4.69) is 21.3 Å². The first-order valence-corrected chi connectivity index (χ1v) is 10.8. The molecule has 0 radical (unpaired) electrons. The molecule has 6 N–H and O–H groups in total. The van der Waals surface area contributed by atoms with Gasteiger partial charge in [-0.25, -0.2) is 8.78 Å². The molecule has 1 fully saturated rings. The zero-order chi connectivity index (χ0) is 23.4. The molecule has 32 heavy (non-hydrogen) atoms. The fourth-order valence-electron chi connectivity index (χ4n) is 2.83. The van der Waals surface area contributed by atoms with Crippen LogP contribution in [-0.4, -0.2) is 41.2 Å². The average Bonchev–Trinajstić information content (AvgIpc) is 2.73. The Morgan fingerprint density at radius 3 is 2.59 bits per heavy atom. The van der Waals surface area contributed by atoms with Gasteiger partial charge in [0.15, 0.2) is 11.6 Å². The molecule has 3 amide bonds. The summed E-state index contributed by atoms with van der Waals surface area (Å²) in [5.74, 6) is -3.96. The van der Waals surface area contributed by atoms with Gasteiger partial charge in [-0.1, -0.05) is 17.7 Å². The third-order valence-corrected chi connectivity index (χ3v) is 5.99. The van der Waals surface area contributed by atoms with Crippen LogP contribution in [0.25, 0.3) is 0 Å². The summed E-state index contributed by atoms with van der Waals surface area (Å²) in [7, 11) is 0. The maximum atomic E-state index is 13.3. The first-order chi connectivity index (χ1) is 15.1. The molecule has 0 aliphatic carbocycles. The van der Waals surface area contributed by atoms with Crippen LogP contribution < -0.4 is 27.0 Å². The summed E-state index contributed by atoms with van der Waals surface area (Å²) in [5.41, 5.74) is 6.54. The Morgan fingerprint density at radius 2 is 1.94 bits per heavy atom. The molecule has 1 aliphatic heterocycles. The van der Waals surface area contributed by atoms with Crippen LogP contribution in [0.5, 0.6) is 0 Å². The zero-order valence-electron chi connectivity index (χ0n) is 16.7. The van der Waals surface area contributed by atoms with Gasteiger partial charge in [0.25, 0.3) is 5.91 Å². The number of amides is 3. The Morgan fingerprint density at radius 1 is 1.19 bits per heavy atom. The predicted octanol–water partition coefficient (Wildman–Crippen LogP) is 1.68. The minimum absolute atomic E-state index is 0.00203. The van der Waals surface area contributed by atoms with E-state index in [1.807, 2.05) is 6.92 Å². The predicted molar refractivity (Wildman–Crippen MR) is 118 cm³/mol. The highest BCUT2D eigenvalue weighted by Crippen LogP contribution is 2.20. The van der Waals surface area contributed by atoms with E-state index in [9.17, 15) is 23.2 Å². The van der Waals surface area contributed by atoms with Gasteiger partial charge in [-0.3, -0.25) is 19.7 Å². The van der Waals surface area contributed by atoms with E-state index in [0.717, 1.165) is 35.5 Å². The van der Waals surface area contributed by atoms with E-state index in [4.69, 9.17) is 17.3 Å². The van der Waals surface area contributed by atoms with Crippen molar-refractivity contribution in [2.24, 2.45) is 5.73 Å². The number of benzene rings is 2. The third-order valence-electron chi connectivity index (χ3n) is 4.56. The topological polar surface area (TPSA) is 125 Å². The van der Waals surface area contributed by atoms with Crippen molar-refractivity contribution in [1.29, 1.82) is 0 Å². The van der Waals surface area contributed by atoms with Crippen molar-refractivity contribution in [3.05, 3.63) is 64.2 Å². The lowest BCUT2D eigenvalue weighted by molar-refractivity contribution is -0.125. The first-order valence-electron chi connectivity index (χ1n) is 9.39. The molecule has 1 heterocycles. The summed E-state index contributed by atoms with van der Waals surface area (Å²) >= 11 is 7.13. The Bertz CT molecular complexity index is 1060. The van der Waals surface area contributed by atoms with Crippen LogP contribution in [0.4, 0.5) is 14.5 Å². The van der Waals surface area contributed by atoms with Crippen molar-refractivity contribution in [3.63, 3.8) is 0 Å². The minimum Gasteiger partial charge on any atom is -0.338 e. The number of rotatable bonds is 6. The molecule has 2 aromatic carbocycles. The SMILES string of the molecule is Cc1ccc(NC(=O)CSC2NC(=O)C(NC(=O)c3ccc(F)c(F)c3)C(N)N2)cc1Cl. The van der Waals surface area contributed by atoms with E-state index >= 15 is 0 Å². The standard InChI is InChI=1S/C20H20ClF2N5O3S/c1-9-2-4-11(7-12(9)21)25-15(29)8-32-20-27-17(24)16(19(31)28-20)26-18(30)10-3-5-13(22)14(23)6-10/h2-7,16-17,20,27H,8,24H2,1H3,(H,25,29)(H,26,30)(H,28,31). The number of nitrogens with two attached hydrogens (primary N) is 1. The van der Waals surface area contributed by atoms with Crippen molar-refractivity contribution in [1.82, 2.24) is 16.0 Å². The van der Waals surface area contributed by atoms with Crippen molar-refractivity contribution in [3.8, 4) is 0 Å². The average molecular weight is 484 g/mol. The van der Waals surface area contributed by atoms with Gasteiger partial charge in [-0.15, -0.1) is 11.8 Å². The number of thioether (sulfide) groups is 1. The van der Waals surface area contributed by atoms with Crippen LogP contribution in [-0.2, 0) is 9.59 Å². The Kier molecular flexibility index (Phi) is 7.67. The summed E-state index contributed by atoms with van der Waals surface area (Å²) in [6, 6.07) is 6.61. The molecule has 0 spiro atoms. The quantitative estimate of drug-likeness (QED) is 0.426. The van der Waals surface area contributed by atoms with Gasteiger partial charge in [-0.2, -0.15) is 0 Å². The molecule has 2 aromatic rings. The molecule has 3 rings (SSSR count). The van der Waals surface area contributed by atoms with E-state index in [-0.39, 0.29) is 17.2 Å². The highest BCUT2D eigenvalue weighted by Gasteiger charge is 2.35. The monoisotopic (exact) mass is 483 g/mol. The normalized spacial score (nSPS) is 20.4. The number of hydrogen-bond donors (Lipinski definition) is 5. The number of aryl methyl sites for hydroxylation is 1. The van der Waals surface area contributed by atoms with E-state index in [1.165, 1.54) is 0 Å². The molecule has 170 valence electrons. The van der Waals surface area contributed by atoms with E-state index < -0.39 is 41.2 Å². The molecule has 0 aromatic heterocycles. The number of carbonyl (C=O) groups excluding carboxylic acids is 3. The van der Waals surface area contributed by atoms with Crippen molar-refractivity contribution >= 4 is 46.8 Å². The fourth-order valence-corrected chi connectivity index (χ4v) is 3.85.